The third-order valence-electron chi connectivity index (χ3n) is 3.34. The Labute approximate surface area is 130 Å². The number of benzene rings is 1. The van der Waals surface area contributed by atoms with E-state index in [9.17, 15) is 4.79 Å². The number of aryl methyl sites for hydroxylation is 2. The summed E-state index contributed by atoms with van der Waals surface area (Å²) in [5.74, 6) is -0.0249. The van der Waals surface area contributed by atoms with Crippen LogP contribution in [0, 0.1) is 6.92 Å². The summed E-state index contributed by atoms with van der Waals surface area (Å²) in [7, 11) is 4.08. The van der Waals surface area contributed by atoms with Crippen molar-refractivity contribution in [1.82, 2.24) is 4.90 Å². The number of rotatable bonds is 5. The number of anilines is 1. The highest BCUT2D eigenvalue weighted by atomic mass is 32.1. The molecule has 1 aromatic carbocycles. The minimum absolute atomic E-state index is 0.0249. The molecule has 0 spiro atoms. The molecule has 2 rings (SSSR count). The quantitative estimate of drug-likeness (QED) is 0.907. The van der Waals surface area contributed by atoms with E-state index in [0.29, 0.717) is 0 Å². The second-order valence-electron chi connectivity index (χ2n) is 5.43. The molecule has 1 amide bonds. The van der Waals surface area contributed by atoms with E-state index in [-0.39, 0.29) is 5.91 Å². The Morgan fingerprint density at radius 1 is 1.24 bits per heavy atom. The Morgan fingerprint density at radius 2 is 1.90 bits per heavy atom. The van der Waals surface area contributed by atoms with Crippen LogP contribution in [0.4, 0.5) is 5.69 Å². The lowest BCUT2D eigenvalue weighted by Crippen LogP contribution is -2.12. The molecule has 0 aliphatic carbocycles. The zero-order valence-electron chi connectivity index (χ0n) is 13.1. The Hall–Kier alpha value is -1.65. The van der Waals surface area contributed by atoms with Crippen molar-refractivity contribution in [2.24, 2.45) is 0 Å². The van der Waals surface area contributed by atoms with Crippen molar-refractivity contribution in [2.75, 3.05) is 19.4 Å². The number of nitrogens with one attached hydrogen (secondary N) is 1. The van der Waals surface area contributed by atoms with Gasteiger partial charge in [-0.1, -0.05) is 19.1 Å². The highest BCUT2D eigenvalue weighted by Gasteiger charge is 2.11. The average molecular weight is 302 g/mol. The van der Waals surface area contributed by atoms with Crippen LogP contribution >= 0.6 is 11.3 Å². The molecular formula is C17H22N2OS. The first kappa shape index (κ1) is 15.7. The number of carbonyl (C=O) groups is 1. The fraction of sp³-hybridized carbons (Fsp3) is 0.353. The molecule has 21 heavy (non-hydrogen) atoms. The first-order valence-corrected chi connectivity index (χ1v) is 7.95. The highest BCUT2D eigenvalue weighted by molar-refractivity contribution is 7.14. The maximum atomic E-state index is 12.2. The van der Waals surface area contributed by atoms with Crippen LogP contribution in [0.3, 0.4) is 0 Å². The monoisotopic (exact) mass is 302 g/mol. The smallest absolute Gasteiger partial charge is 0.265 e. The van der Waals surface area contributed by atoms with Gasteiger partial charge in [0, 0.05) is 17.1 Å². The average Bonchev–Trinajstić information content (AvgIpc) is 2.82. The van der Waals surface area contributed by atoms with Gasteiger partial charge in [-0.05, 0) is 56.8 Å². The first-order valence-electron chi connectivity index (χ1n) is 7.14. The van der Waals surface area contributed by atoms with E-state index in [2.05, 4.69) is 24.1 Å². The second-order valence-corrected chi connectivity index (χ2v) is 6.69. The van der Waals surface area contributed by atoms with Gasteiger partial charge in [0.05, 0.1) is 4.88 Å². The van der Waals surface area contributed by atoms with Crippen molar-refractivity contribution in [1.29, 1.82) is 0 Å². The molecule has 4 heteroatoms. The van der Waals surface area contributed by atoms with Crippen molar-refractivity contribution in [3.05, 3.63) is 51.2 Å². The van der Waals surface area contributed by atoms with Gasteiger partial charge in [-0.25, -0.2) is 0 Å². The molecule has 1 heterocycles. The van der Waals surface area contributed by atoms with Crippen molar-refractivity contribution in [3.63, 3.8) is 0 Å². The topological polar surface area (TPSA) is 32.3 Å². The fourth-order valence-electron chi connectivity index (χ4n) is 2.23. The van der Waals surface area contributed by atoms with Crippen molar-refractivity contribution < 1.29 is 4.79 Å². The number of nitrogens with zero attached hydrogens (tertiary/aromatic N) is 1. The molecule has 0 fully saturated rings. The number of amides is 1. The van der Waals surface area contributed by atoms with E-state index in [1.54, 1.807) is 11.3 Å². The number of hydrogen-bond acceptors (Lipinski definition) is 3. The summed E-state index contributed by atoms with van der Waals surface area (Å²) in [5.41, 5.74) is 3.33. The number of carbonyl (C=O) groups excluding carboxylic acids is 1. The van der Waals surface area contributed by atoms with E-state index >= 15 is 0 Å². The Kier molecular flexibility index (Phi) is 5.15. The second kappa shape index (κ2) is 6.87. The van der Waals surface area contributed by atoms with Gasteiger partial charge < -0.3 is 10.2 Å². The van der Waals surface area contributed by atoms with Gasteiger partial charge >= 0.3 is 0 Å². The zero-order chi connectivity index (χ0) is 15.4. The molecule has 0 radical (unpaired) electrons. The van der Waals surface area contributed by atoms with E-state index in [4.69, 9.17) is 0 Å². The van der Waals surface area contributed by atoms with Crippen LogP contribution < -0.4 is 5.32 Å². The van der Waals surface area contributed by atoms with E-state index in [1.807, 2.05) is 44.4 Å². The van der Waals surface area contributed by atoms with Crippen LogP contribution in [-0.2, 0) is 13.0 Å². The summed E-state index contributed by atoms with van der Waals surface area (Å²) in [4.78, 5) is 16.4. The van der Waals surface area contributed by atoms with Gasteiger partial charge in [0.15, 0.2) is 0 Å². The maximum absolute atomic E-state index is 12.2. The lowest BCUT2D eigenvalue weighted by molar-refractivity contribution is 0.103. The summed E-state index contributed by atoms with van der Waals surface area (Å²) in [6.45, 7) is 5.08. The molecule has 0 bridgehead atoms. The predicted molar refractivity (Wildman–Crippen MR) is 90.2 cm³/mol. The minimum atomic E-state index is -0.0249. The summed E-state index contributed by atoms with van der Waals surface area (Å²) < 4.78 is 0. The normalized spacial score (nSPS) is 10.9. The predicted octanol–water partition coefficient (Wildman–Crippen LogP) is 3.93. The summed E-state index contributed by atoms with van der Waals surface area (Å²) in [6, 6.07) is 10.0. The van der Waals surface area contributed by atoms with Gasteiger partial charge in [0.2, 0.25) is 0 Å². The van der Waals surface area contributed by atoms with Crippen LogP contribution in [0.25, 0.3) is 0 Å². The van der Waals surface area contributed by atoms with Crippen LogP contribution in [-0.4, -0.2) is 24.9 Å². The molecule has 0 aliphatic heterocycles. The van der Waals surface area contributed by atoms with Crippen molar-refractivity contribution in [2.45, 2.75) is 26.8 Å². The number of thiophene rings is 1. The van der Waals surface area contributed by atoms with E-state index < -0.39 is 0 Å². The lowest BCUT2D eigenvalue weighted by atomic mass is 10.2. The van der Waals surface area contributed by atoms with E-state index in [0.717, 1.165) is 23.5 Å². The summed E-state index contributed by atoms with van der Waals surface area (Å²) in [6.07, 6.45) is 0.967. The van der Waals surface area contributed by atoms with Crippen LogP contribution in [0.2, 0.25) is 0 Å². The van der Waals surface area contributed by atoms with Gasteiger partial charge in [-0.15, -0.1) is 11.3 Å². The molecule has 2 aromatic rings. The maximum Gasteiger partial charge on any atom is 0.265 e. The Balaban J connectivity index is 2.05. The molecule has 112 valence electrons. The van der Waals surface area contributed by atoms with Gasteiger partial charge in [0.1, 0.15) is 0 Å². The standard InChI is InChI=1S/C17H22N2OS/c1-5-14-10-16(21-12(14)2)17(20)18-15-8-6-13(7-9-15)11-19(3)4/h6-10H,5,11H2,1-4H3,(H,18,20). The lowest BCUT2D eigenvalue weighted by Gasteiger charge is -2.10. The Morgan fingerprint density at radius 3 is 2.43 bits per heavy atom. The SMILES string of the molecule is CCc1cc(C(=O)Nc2ccc(CN(C)C)cc2)sc1C. The molecule has 0 atom stereocenters. The molecule has 0 saturated heterocycles. The zero-order valence-corrected chi connectivity index (χ0v) is 13.9. The van der Waals surface area contributed by atoms with Crippen LogP contribution in [0.1, 0.15) is 32.6 Å². The third kappa shape index (κ3) is 4.16. The molecule has 0 saturated carbocycles. The first-order chi connectivity index (χ1) is 9.99. The number of hydrogen-bond donors (Lipinski definition) is 1. The summed E-state index contributed by atoms with van der Waals surface area (Å²) in [5, 5.41) is 2.96. The van der Waals surface area contributed by atoms with Crippen molar-refractivity contribution >= 4 is 22.9 Å². The molecule has 0 aliphatic rings. The molecule has 1 aromatic heterocycles. The minimum Gasteiger partial charge on any atom is -0.321 e. The van der Waals surface area contributed by atoms with Crippen molar-refractivity contribution in [3.8, 4) is 0 Å². The fourth-order valence-corrected chi connectivity index (χ4v) is 3.24. The van der Waals surface area contributed by atoms with Crippen LogP contribution in [0.15, 0.2) is 30.3 Å². The van der Waals surface area contributed by atoms with Gasteiger partial charge in [-0.3, -0.25) is 4.79 Å². The largest absolute Gasteiger partial charge is 0.321 e. The molecule has 1 N–H and O–H groups in total. The molecular weight excluding hydrogens is 280 g/mol. The van der Waals surface area contributed by atoms with Crippen LogP contribution in [0.5, 0.6) is 0 Å². The van der Waals surface area contributed by atoms with E-state index in [1.165, 1.54) is 16.0 Å². The Bertz CT molecular complexity index is 614. The molecule has 3 nitrogen and oxygen atoms in total. The third-order valence-corrected chi connectivity index (χ3v) is 4.43. The highest BCUT2D eigenvalue weighted by Crippen LogP contribution is 2.23. The van der Waals surface area contributed by atoms with Gasteiger partial charge in [-0.2, -0.15) is 0 Å². The molecule has 0 unspecified atom stereocenters. The van der Waals surface area contributed by atoms with Gasteiger partial charge in [0.25, 0.3) is 5.91 Å². The summed E-state index contributed by atoms with van der Waals surface area (Å²) >= 11 is 1.56.